The predicted molar refractivity (Wildman–Crippen MR) is 224 cm³/mol. The highest BCUT2D eigenvalue weighted by Gasteiger charge is 2.47. The van der Waals surface area contributed by atoms with Crippen LogP contribution in [0.5, 0.6) is 23.0 Å². The topological polar surface area (TPSA) is 79.5 Å². The summed E-state index contributed by atoms with van der Waals surface area (Å²) in [7, 11) is 6.57. The third kappa shape index (κ3) is 6.57. The van der Waals surface area contributed by atoms with E-state index in [2.05, 4.69) is 0 Å². The van der Waals surface area contributed by atoms with Crippen molar-refractivity contribution in [2.75, 3.05) is 28.4 Å². The van der Waals surface area contributed by atoms with E-state index >= 15 is 0 Å². The number of hydrogen-bond acceptors (Lipinski definition) is 7. The van der Waals surface area contributed by atoms with E-state index in [0.717, 1.165) is 27.9 Å². The Morgan fingerprint density at radius 2 is 0.929 bits per heavy atom. The molecule has 7 aromatic rings. The molecule has 0 unspecified atom stereocenters. The Kier molecular flexibility index (Phi) is 10.1. The second-order valence-electron chi connectivity index (χ2n) is 12.9. The number of hydrogen-bond donors (Lipinski definition) is 0. The van der Waals surface area contributed by atoms with Gasteiger partial charge in [0.1, 0.15) is 23.0 Å². The number of ether oxygens (including phenoxy) is 4. The summed E-state index contributed by atoms with van der Waals surface area (Å²) < 4.78 is 24.9. The largest absolute Gasteiger partial charge is 0.497 e. The van der Waals surface area contributed by atoms with Crippen molar-refractivity contribution < 1.29 is 18.9 Å². The predicted octanol–water partition coefficient (Wildman–Crippen LogP) is 10.7. The number of para-hydroxylation sites is 1. The third-order valence-corrected chi connectivity index (χ3v) is 10.3. The minimum absolute atomic E-state index is 0.452. The van der Waals surface area contributed by atoms with Crippen molar-refractivity contribution in [3.05, 3.63) is 178 Å². The molecular weight excluding hydrogens is 743 g/mol. The van der Waals surface area contributed by atoms with Gasteiger partial charge in [-0.3, -0.25) is 4.57 Å². The van der Waals surface area contributed by atoms with Crippen LogP contribution in [0.2, 0.25) is 10.0 Å². The summed E-state index contributed by atoms with van der Waals surface area (Å²) in [6.07, 6.45) is 0. The first-order chi connectivity index (χ1) is 27.4. The fourth-order valence-corrected chi connectivity index (χ4v) is 7.50. The summed E-state index contributed by atoms with van der Waals surface area (Å²) in [5.74, 6) is 3.14. The number of aromatic nitrogens is 2. The molecule has 10 heteroatoms. The van der Waals surface area contributed by atoms with Gasteiger partial charge in [0.25, 0.3) is 0 Å². The van der Waals surface area contributed by atoms with Crippen LogP contribution in [-0.4, -0.2) is 49.4 Å². The van der Waals surface area contributed by atoms with Crippen LogP contribution in [0.3, 0.4) is 0 Å². The van der Waals surface area contributed by atoms with E-state index in [4.69, 9.17) is 57.1 Å². The zero-order valence-corrected chi connectivity index (χ0v) is 32.5. The van der Waals surface area contributed by atoms with Gasteiger partial charge < -0.3 is 18.9 Å². The first-order valence-corrected chi connectivity index (χ1v) is 18.5. The van der Waals surface area contributed by atoms with Crippen LogP contribution in [-0.2, 0) is 5.66 Å². The van der Waals surface area contributed by atoms with Gasteiger partial charge in [-0.2, -0.15) is 0 Å². The van der Waals surface area contributed by atoms with E-state index in [-0.39, 0.29) is 0 Å². The van der Waals surface area contributed by atoms with Crippen LogP contribution in [0.1, 0.15) is 22.5 Å². The molecule has 0 saturated heterocycles. The number of aliphatic imine (C=N–C) groups is 2. The fraction of sp³-hybridized carbons (Fsp3) is 0.109. The summed E-state index contributed by atoms with van der Waals surface area (Å²) >= 11 is 14.4. The van der Waals surface area contributed by atoms with Crippen LogP contribution in [0, 0.1) is 0 Å². The van der Waals surface area contributed by atoms with Gasteiger partial charge in [-0.05, 0) is 66.7 Å². The smallest absolute Gasteiger partial charge is 0.236 e. The number of methoxy groups -OCH3 is 4. The van der Waals surface area contributed by atoms with E-state index in [1.807, 2.05) is 150 Å². The average molecular weight is 780 g/mol. The highest BCUT2D eigenvalue weighted by atomic mass is 35.5. The zero-order chi connectivity index (χ0) is 38.8. The van der Waals surface area contributed by atoms with Crippen LogP contribution < -0.4 is 18.9 Å². The lowest BCUT2D eigenvalue weighted by Gasteiger charge is -2.26. The summed E-state index contributed by atoms with van der Waals surface area (Å²) in [5, 5.41) is 0.949. The zero-order valence-electron chi connectivity index (χ0n) is 31.0. The molecule has 56 heavy (non-hydrogen) atoms. The molecule has 0 spiro atoms. The van der Waals surface area contributed by atoms with Crippen molar-refractivity contribution in [1.82, 2.24) is 9.55 Å². The molecule has 8 rings (SSSR count). The van der Waals surface area contributed by atoms with Crippen molar-refractivity contribution in [3.8, 4) is 51.2 Å². The Hall–Kier alpha value is -6.35. The van der Waals surface area contributed by atoms with E-state index in [0.29, 0.717) is 67.2 Å². The molecule has 0 saturated carbocycles. The molecule has 1 aliphatic rings. The van der Waals surface area contributed by atoms with Gasteiger partial charge >= 0.3 is 0 Å². The van der Waals surface area contributed by atoms with Gasteiger partial charge in [0, 0.05) is 32.8 Å². The van der Waals surface area contributed by atoms with Crippen LogP contribution in [0.15, 0.2) is 156 Å². The van der Waals surface area contributed by atoms with Crippen LogP contribution in [0.25, 0.3) is 28.2 Å². The number of imidazole rings is 1. The van der Waals surface area contributed by atoms with E-state index in [9.17, 15) is 0 Å². The fourth-order valence-electron chi connectivity index (χ4n) is 7.01. The molecule has 2 heterocycles. The molecule has 0 bridgehead atoms. The molecule has 0 atom stereocenters. The van der Waals surface area contributed by atoms with Gasteiger partial charge in [-0.15, -0.1) is 0 Å². The Morgan fingerprint density at radius 1 is 0.482 bits per heavy atom. The van der Waals surface area contributed by atoms with Gasteiger partial charge in [-0.25, -0.2) is 15.0 Å². The molecule has 6 aromatic carbocycles. The maximum absolute atomic E-state index is 7.24. The highest BCUT2D eigenvalue weighted by Crippen LogP contribution is 2.48. The van der Waals surface area contributed by atoms with Crippen molar-refractivity contribution in [1.29, 1.82) is 0 Å². The number of halogens is 2. The summed E-state index contributed by atoms with van der Waals surface area (Å²) in [6, 6.07) is 46.4. The lowest BCUT2D eigenvalue weighted by molar-refractivity contribution is 0.414. The molecule has 1 aliphatic heterocycles. The number of rotatable bonds is 11. The Morgan fingerprint density at radius 3 is 1.45 bits per heavy atom. The van der Waals surface area contributed by atoms with Gasteiger partial charge in [0.15, 0.2) is 5.82 Å². The van der Waals surface area contributed by atoms with Crippen LogP contribution in [0.4, 0.5) is 0 Å². The number of benzene rings is 6. The molecule has 0 aliphatic carbocycles. The van der Waals surface area contributed by atoms with Gasteiger partial charge in [0.2, 0.25) is 5.66 Å². The second-order valence-corrected chi connectivity index (χ2v) is 13.7. The van der Waals surface area contributed by atoms with Crippen molar-refractivity contribution in [3.63, 3.8) is 0 Å². The van der Waals surface area contributed by atoms with Crippen molar-refractivity contribution in [2.45, 2.75) is 5.66 Å². The molecule has 278 valence electrons. The molecular formula is C46H36Cl2N4O4. The first kappa shape index (κ1) is 36.6. The normalized spacial score (nSPS) is 13.2. The maximum atomic E-state index is 7.24. The van der Waals surface area contributed by atoms with Crippen molar-refractivity contribution >= 4 is 34.6 Å². The molecule has 8 nitrogen and oxygen atoms in total. The van der Waals surface area contributed by atoms with E-state index in [1.54, 1.807) is 28.4 Å². The Bertz CT molecular complexity index is 2590. The standard InChI is InChI=1S/C46H36Cl2N4O4/c1-53-33-17-9-13-29(25-33)41-42(30-14-10-18-34(26-30)54-2)51-46(50-41,37-21-5-6-22-38(37)47)45-49-43(31-15-11-19-35(27-31)55-3)44(32-16-12-20-36(28-32)56-4)52(45)40-24-8-7-23-39(40)48/h5-28H,1-4H3. The molecule has 0 radical (unpaired) electrons. The Labute approximate surface area is 335 Å². The summed E-state index contributed by atoms with van der Waals surface area (Å²) in [6.45, 7) is 0. The average Bonchev–Trinajstić information content (AvgIpc) is 3.85. The molecule has 1 aromatic heterocycles. The summed E-state index contributed by atoms with van der Waals surface area (Å²) in [5.41, 5.74) is 5.51. The number of nitrogens with zero attached hydrogens (tertiary/aromatic N) is 4. The molecule has 0 fully saturated rings. The lowest BCUT2D eigenvalue weighted by Crippen LogP contribution is -2.27. The second kappa shape index (κ2) is 15.4. The summed E-state index contributed by atoms with van der Waals surface area (Å²) in [4.78, 5) is 16.9. The highest BCUT2D eigenvalue weighted by molar-refractivity contribution is 6.54. The maximum Gasteiger partial charge on any atom is 0.236 e. The molecule has 0 N–H and O–H groups in total. The minimum atomic E-state index is -1.56. The third-order valence-electron chi connectivity index (χ3n) is 9.68. The van der Waals surface area contributed by atoms with E-state index < -0.39 is 5.66 Å². The first-order valence-electron chi connectivity index (χ1n) is 17.8. The van der Waals surface area contributed by atoms with Crippen LogP contribution >= 0.6 is 23.2 Å². The minimum Gasteiger partial charge on any atom is -0.497 e. The van der Waals surface area contributed by atoms with Gasteiger partial charge in [0.05, 0.1) is 62.0 Å². The molecule has 0 amide bonds. The van der Waals surface area contributed by atoms with Crippen molar-refractivity contribution in [2.24, 2.45) is 9.98 Å². The van der Waals surface area contributed by atoms with E-state index in [1.165, 1.54) is 0 Å². The lowest BCUT2D eigenvalue weighted by atomic mass is 9.99. The monoisotopic (exact) mass is 778 g/mol. The Balaban J connectivity index is 1.57. The SMILES string of the molecule is COc1cccc(C2=NC(c3ccccc3Cl)(c3nc(-c4cccc(OC)c4)c(-c4cccc(OC)c4)n3-c3ccccc3Cl)N=C2c2cccc(OC)c2)c1. The van der Waals surface area contributed by atoms with Gasteiger partial charge in [-0.1, -0.05) is 102 Å². The quantitative estimate of drug-likeness (QED) is 0.131.